The molecule has 0 fully saturated rings. The summed E-state index contributed by atoms with van der Waals surface area (Å²) in [5.41, 5.74) is 3.28. The smallest absolute Gasteiger partial charge is 0.341 e. The number of carbonyl (C=O) groups excluding carboxylic acids is 3. The van der Waals surface area contributed by atoms with Gasteiger partial charge in [-0.1, -0.05) is 30.0 Å². The summed E-state index contributed by atoms with van der Waals surface area (Å²) in [5.74, 6) is -1.20. The zero-order chi connectivity index (χ0) is 31.2. The molecule has 0 spiro atoms. The van der Waals surface area contributed by atoms with Gasteiger partial charge in [0.15, 0.2) is 0 Å². The van der Waals surface area contributed by atoms with Crippen LogP contribution >= 0.6 is 34.4 Å². The van der Waals surface area contributed by atoms with Gasteiger partial charge in [0.25, 0.3) is 5.91 Å². The maximum atomic E-state index is 13.7. The zero-order valence-electron chi connectivity index (χ0n) is 24.6. The molecule has 1 aliphatic carbocycles. The lowest BCUT2D eigenvalue weighted by atomic mass is 9.86. The van der Waals surface area contributed by atoms with E-state index < -0.39 is 11.9 Å². The van der Waals surface area contributed by atoms with E-state index in [1.807, 2.05) is 23.6 Å². The summed E-state index contributed by atoms with van der Waals surface area (Å²) in [5, 5.41) is 22.4. The van der Waals surface area contributed by atoms with Crippen molar-refractivity contribution in [1.29, 1.82) is 5.26 Å². The molecule has 0 saturated carbocycles. The Balaban J connectivity index is 1.38. The lowest BCUT2D eigenvalue weighted by Crippen LogP contribution is -2.31. The number of para-hydroxylation sites is 2. The van der Waals surface area contributed by atoms with Crippen molar-refractivity contribution in [1.82, 2.24) is 5.32 Å². The summed E-state index contributed by atoms with van der Waals surface area (Å²) in [6.45, 7) is 3.80. The van der Waals surface area contributed by atoms with Crippen molar-refractivity contribution in [3.05, 3.63) is 84.5 Å². The molecule has 0 unspecified atom stereocenters. The van der Waals surface area contributed by atoms with Crippen LogP contribution in [0.3, 0.4) is 0 Å². The molecule has 228 valence electrons. The molecular weight excluding hydrogens is 617 g/mol. The second-order valence-corrected chi connectivity index (χ2v) is 13.2. The Hall–Kier alpha value is -4.05. The first-order chi connectivity index (χ1) is 21.4. The molecule has 3 heterocycles. The normalized spacial score (nSPS) is 16.0. The molecule has 3 N–H and O–H groups in total. The second-order valence-electron chi connectivity index (χ2n) is 10.1. The van der Waals surface area contributed by atoms with Crippen LogP contribution in [0, 0.1) is 11.3 Å². The van der Waals surface area contributed by atoms with Crippen LogP contribution in [0.25, 0.3) is 0 Å². The standard InChI is InChI=1S/C32H32N4O5S3/c1-4-41-32(39)28-19-10-5-8-13-23(19)44-31(28)36-25(37)17-43-30-20(16-33)27(24-14-9-15-42-24)26(18(2)34-30)29(38)35-21-11-6-7-12-22(21)40-3/h6-7,9,11-12,14-15,27,34H,4-5,8,10,13,17H2,1-3H3,(H,35,38)(H,36,37)/t27-/m0/s1. The first kappa shape index (κ1) is 31.4. The van der Waals surface area contributed by atoms with Gasteiger partial charge in [-0.2, -0.15) is 5.26 Å². The van der Waals surface area contributed by atoms with E-state index in [1.54, 1.807) is 32.0 Å². The van der Waals surface area contributed by atoms with Gasteiger partial charge in [0, 0.05) is 21.0 Å². The van der Waals surface area contributed by atoms with Gasteiger partial charge < -0.3 is 25.4 Å². The topological polar surface area (TPSA) is 130 Å². The Bertz CT molecular complexity index is 1680. The molecule has 0 radical (unpaired) electrons. The van der Waals surface area contributed by atoms with Gasteiger partial charge in [-0.15, -0.1) is 22.7 Å². The van der Waals surface area contributed by atoms with Gasteiger partial charge in [-0.05, 0) is 68.7 Å². The van der Waals surface area contributed by atoms with Crippen molar-refractivity contribution >= 4 is 62.9 Å². The van der Waals surface area contributed by atoms with Crippen molar-refractivity contribution < 1.29 is 23.9 Å². The van der Waals surface area contributed by atoms with Gasteiger partial charge in [-0.3, -0.25) is 9.59 Å². The summed E-state index contributed by atoms with van der Waals surface area (Å²) in [6, 6.07) is 13.2. The molecule has 9 nitrogen and oxygen atoms in total. The van der Waals surface area contributed by atoms with E-state index in [0.29, 0.717) is 43.9 Å². The largest absolute Gasteiger partial charge is 0.495 e. The Kier molecular flexibility index (Phi) is 10.1. The van der Waals surface area contributed by atoms with E-state index in [4.69, 9.17) is 9.47 Å². The number of esters is 1. The first-order valence-corrected chi connectivity index (χ1v) is 16.9. The maximum Gasteiger partial charge on any atom is 0.341 e. The molecule has 3 aromatic rings. The number of hydrogen-bond donors (Lipinski definition) is 3. The Morgan fingerprint density at radius 2 is 1.93 bits per heavy atom. The van der Waals surface area contributed by atoms with Crippen LogP contribution in [0.4, 0.5) is 10.7 Å². The third-order valence-corrected chi connectivity index (χ3v) is 10.5. The van der Waals surface area contributed by atoms with E-state index in [9.17, 15) is 19.6 Å². The van der Waals surface area contributed by atoms with Crippen LogP contribution in [0.1, 0.15) is 58.3 Å². The first-order valence-electron chi connectivity index (χ1n) is 14.2. The summed E-state index contributed by atoms with van der Waals surface area (Å²) in [4.78, 5) is 41.7. The fourth-order valence-corrected chi connectivity index (χ4v) is 8.41. The monoisotopic (exact) mass is 648 g/mol. The van der Waals surface area contributed by atoms with Crippen molar-refractivity contribution in [2.75, 3.05) is 30.1 Å². The number of anilines is 2. The number of hydrogen-bond acceptors (Lipinski definition) is 10. The molecule has 0 bridgehead atoms. The van der Waals surface area contributed by atoms with Crippen LogP contribution in [-0.2, 0) is 27.2 Å². The molecule has 1 aliphatic heterocycles. The molecule has 44 heavy (non-hydrogen) atoms. The molecule has 2 amide bonds. The predicted octanol–water partition coefficient (Wildman–Crippen LogP) is 6.58. The quantitative estimate of drug-likeness (QED) is 0.210. The molecule has 1 atom stereocenters. The van der Waals surface area contributed by atoms with Crippen LogP contribution in [0.5, 0.6) is 5.75 Å². The number of aryl methyl sites for hydroxylation is 1. The number of rotatable bonds is 10. The number of benzene rings is 1. The SMILES string of the molecule is CCOC(=O)c1c(NC(=O)CSC2=C(C#N)[C@@H](c3cccs3)C(C(=O)Nc3ccccc3OC)=C(C)N2)sc2c1CCCC2. The Labute approximate surface area is 268 Å². The number of nitriles is 1. The lowest BCUT2D eigenvalue weighted by Gasteiger charge is -2.29. The maximum absolute atomic E-state index is 13.7. The third-order valence-electron chi connectivity index (χ3n) is 7.33. The van der Waals surface area contributed by atoms with Crippen molar-refractivity contribution in [3.63, 3.8) is 0 Å². The molecule has 2 aromatic heterocycles. The molecule has 12 heteroatoms. The van der Waals surface area contributed by atoms with Crippen molar-refractivity contribution in [3.8, 4) is 11.8 Å². The number of fused-ring (bicyclic) bond motifs is 1. The van der Waals surface area contributed by atoms with E-state index in [0.717, 1.165) is 41.0 Å². The molecule has 0 saturated heterocycles. The number of thiophene rings is 2. The van der Waals surface area contributed by atoms with Crippen LogP contribution in [0.2, 0.25) is 0 Å². The third kappa shape index (κ3) is 6.55. The number of nitrogens with one attached hydrogen (secondary N) is 3. The molecular formula is C32H32N4O5S3. The Morgan fingerprint density at radius 1 is 1.14 bits per heavy atom. The molecule has 2 aliphatic rings. The van der Waals surface area contributed by atoms with Crippen molar-refractivity contribution in [2.24, 2.45) is 0 Å². The van der Waals surface area contributed by atoms with Crippen LogP contribution in [0.15, 0.2) is 63.7 Å². The highest BCUT2D eigenvalue weighted by atomic mass is 32.2. The number of ether oxygens (including phenoxy) is 2. The van der Waals surface area contributed by atoms with Gasteiger partial charge >= 0.3 is 5.97 Å². The van der Waals surface area contributed by atoms with Gasteiger partial charge in [0.05, 0.1) is 53.3 Å². The van der Waals surface area contributed by atoms with Crippen LogP contribution in [-0.4, -0.2) is 37.3 Å². The van der Waals surface area contributed by atoms with E-state index >= 15 is 0 Å². The highest BCUT2D eigenvalue weighted by molar-refractivity contribution is 8.03. The van der Waals surface area contributed by atoms with Gasteiger partial charge in [-0.25, -0.2) is 4.79 Å². The average molecular weight is 649 g/mol. The van der Waals surface area contributed by atoms with Gasteiger partial charge in [0.2, 0.25) is 5.91 Å². The fraction of sp³-hybridized carbons (Fsp3) is 0.312. The van der Waals surface area contributed by atoms with Gasteiger partial charge in [0.1, 0.15) is 10.8 Å². The highest BCUT2D eigenvalue weighted by Gasteiger charge is 2.36. The summed E-state index contributed by atoms with van der Waals surface area (Å²) in [7, 11) is 1.53. The summed E-state index contributed by atoms with van der Waals surface area (Å²) in [6.07, 6.45) is 3.71. The minimum Gasteiger partial charge on any atom is -0.495 e. The number of allylic oxidation sites excluding steroid dienone is 2. The number of dihydropyridines is 1. The Morgan fingerprint density at radius 3 is 2.66 bits per heavy atom. The number of amides is 2. The van der Waals surface area contributed by atoms with Crippen molar-refractivity contribution in [2.45, 2.75) is 45.4 Å². The summed E-state index contributed by atoms with van der Waals surface area (Å²) < 4.78 is 10.7. The van der Waals surface area contributed by atoms with E-state index in [-0.39, 0.29) is 24.2 Å². The summed E-state index contributed by atoms with van der Waals surface area (Å²) >= 11 is 4.07. The number of carbonyl (C=O) groups is 3. The number of nitrogens with zero attached hydrogens (tertiary/aromatic N) is 1. The highest BCUT2D eigenvalue weighted by Crippen LogP contribution is 2.43. The lowest BCUT2D eigenvalue weighted by molar-refractivity contribution is -0.114. The van der Waals surface area contributed by atoms with E-state index in [2.05, 4.69) is 22.0 Å². The second kappa shape index (κ2) is 14.2. The minimum absolute atomic E-state index is 0.00840. The minimum atomic E-state index is -0.624. The number of methoxy groups -OCH3 is 1. The average Bonchev–Trinajstić information content (AvgIpc) is 3.68. The predicted molar refractivity (Wildman–Crippen MR) is 175 cm³/mol. The van der Waals surface area contributed by atoms with E-state index in [1.165, 1.54) is 41.5 Å². The molecule has 1 aromatic carbocycles. The fourth-order valence-electron chi connectivity index (χ4n) is 5.38. The zero-order valence-corrected chi connectivity index (χ0v) is 27.0. The number of thioether (sulfide) groups is 1. The molecule has 5 rings (SSSR count). The van der Waals surface area contributed by atoms with Crippen LogP contribution < -0.4 is 20.7 Å².